The first-order chi connectivity index (χ1) is 11.4. The van der Waals surface area contributed by atoms with E-state index in [0.717, 1.165) is 34.6 Å². The number of aromatic nitrogens is 5. The zero-order chi connectivity index (χ0) is 15.5. The van der Waals surface area contributed by atoms with Crippen LogP contribution < -0.4 is 0 Å². The van der Waals surface area contributed by atoms with Crippen LogP contribution in [0.3, 0.4) is 0 Å². The summed E-state index contributed by atoms with van der Waals surface area (Å²) in [5.74, 6) is 0. The molecule has 0 atom stereocenters. The molecular formula is C18H15N5. The number of benzene rings is 1. The molecule has 5 heteroatoms. The van der Waals surface area contributed by atoms with Crippen LogP contribution >= 0.6 is 0 Å². The van der Waals surface area contributed by atoms with Crippen LogP contribution in [0.2, 0.25) is 0 Å². The third-order valence-electron chi connectivity index (χ3n) is 3.72. The van der Waals surface area contributed by atoms with Gasteiger partial charge in [-0.15, -0.1) is 0 Å². The molecule has 0 aliphatic carbocycles. The van der Waals surface area contributed by atoms with Crippen molar-refractivity contribution < 1.29 is 0 Å². The lowest BCUT2D eigenvalue weighted by Crippen LogP contribution is -1.97. The van der Waals surface area contributed by atoms with Crippen molar-refractivity contribution in [3.8, 4) is 22.5 Å². The molecule has 0 unspecified atom stereocenters. The van der Waals surface area contributed by atoms with E-state index in [-0.39, 0.29) is 0 Å². The Balaban J connectivity index is 1.59. The van der Waals surface area contributed by atoms with Crippen LogP contribution in [0.4, 0.5) is 0 Å². The predicted molar refractivity (Wildman–Crippen MR) is 88.6 cm³/mol. The lowest BCUT2D eigenvalue weighted by Gasteiger charge is -2.06. The number of nitrogens with zero attached hydrogens (tertiary/aromatic N) is 4. The van der Waals surface area contributed by atoms with Crippen molar-refractivity contribution in [1.29, 1.82) is 0 Å². The molecule has 0 spiro atoms. The van der Waals surface area contributed by atoms with Crippen LogP contribution in [0.5, 0.6) is 0 Å². The molecule has 23 heavy (non-hydrogen) atoms. The third kappa shape index (κ3) is 2.89. The highest BCUT2D eigenvalue weighted by molar-refractivity contribution is 5.69. The smallest absolute Gasteiger partial charge is 0.0949 e. The Morgan fingerprint density at radius 1 is 1.00 bits per heavy atom. The van der Waals surface area contributed by atoms with E-state index in [0.29, 0.717) is 0 Å². The van der Waals surface area contributed by atoms with Crippen molar-refractivity contribution in [2.75, 3.05) is 0 Å². The van der Waals surface area contributed by atoms with Gasteiger partial charge in [-0.25, -0.2) is 4.98 Å². The number of imidazole rings is 1. The minimum absolute atomic E-state index is 0.779. The van der Waals surface area contributed by atoms with E-state index < -0.39 is 0 Å². The summed E-state index contributed by atoms with van der Waals surface area (Å²) in [5, 5.41) is 6.99. The maximum Gasteiger partial charge on any atom is 0.0949 e. The molecule has 0 fully saturated rings. The number of nitrogens with one attached hydrogen (secondary N) is 1. The van der Waals surface area contributed by atoms with Gasteiger partial charge in [-0.3, -0.25) is 10.1 Å². The van der Waals surface area contributed by atoms with Gasteiger partial charge in [-0.05, 0) is 23.8 Å². The Kier molecular flexibility index (Phi) is 3.44. The predicted octanol–water partition coefficient (Wildman–Crippen LogP) is 3.38. The molecule has 1 aromatic carbocycles. The van der Waals surface area contributed by atoms with Crippen LogP contribution in [-0.2, 0) is 6.54 Å². The minimum Gasteiger partial charge on any atom is -0.333 e. The third-order valence-corrected chi connectivity index (χ3v) is 3.72. The second-order valence-electron chi connectivity index (χ2n) is 5.34. The van der Waals surface area contributed by atoms with Gasteiger partial charge in [0.25, 0.3) is 0 Å². The van der Waals surface area contributed by atoms with Crippen LogP contribution in [0.15, 0.2) is 73.6 Å². The van der Waals surface area contributed by atoms with Gasteiger partial charge >= 0.3 is 0 Å². The monoisotopic (exact) mass is 301 g/mol. The van der Waals surface area contributed by atoms with Crippen LogP contribution in [-0.4, -0.2) is 24.7 Å². The number of pyridine rings is 1. The first-order valence-corrected chi connectivity index (χ1v) is 7.39. The molecule has 0 radical (unpaired) electrons. The highest BCUT2D eigenvalue weighted by Gasteiger charge is 2.04. The summed E-state index contributed by atoms with van der Waals surface area (Å²) in [5.41, 5.74) is 5.30. The largest absolute Gasteiger partial charge is 0.333 e. The van der Waals surface area contributed by atoms with Crippen molar-refractivity contribution in [3.05, 3.63) is 79.1 Å². The van der Waals surface area contributed by atoms with Gasteiger partial charge in [-0.2, -0.15) is 5.10 Å². The molecule has 0 aliphatic heterocycles. The summed E-state index contributed by atoms with van der Waals surface area (Å²) in [6.07, 6.45) is 9.20. The topological polar surface area (TPSA) is 59.4 Å². The van der Waals surface area contributed by atoms with E-state index in [9.17, 15) is 0 Å². The second-order valence-corrected chi connectivity index (χ2v) is 5.34. The number of aromatic amines is 1. The maximum atomic E-state index is 4.59. The molecule has 3 aromatic heterocycles. The molecule has 0 saturated heterocycles. The fraction of sp³-hybridized carbons (Fsp3) is 0.0556. The van der Waals surface area contributed by atoms with E-state index in [1.54, 1.807) is 12.4 Å². The first kappa shape index (κ1) is 13.5. The summed E-state index contributed by atoms with van der Waals surface area (Å²) < 4.78 is 2.02. The van der Waals surface area contributed by atoms with Gasteiger partial charge in [0, 0.05) is 42.5 Å². The fourth-order valence-electron chi connectivity index (χ4n) is 2.54. The van der Waals surface area contributed by atoms with E-state index in [1.807, 2.05) is 35.4 Å². The lowest BCUT2D eigenvalue weighted by molar-refractivity contribution is 0.793. The number of rotatable bonds is 4. The molecule has 112 valence electrons. The average molecular weight is 301 g/mol. The quantitative estimate of drug-likeness (QED) is 0.628. The molecule has 0 saturated carbocycles. The number of hydrogen-bond donors (Lipinski definition) is 1. The highest BCUT2D eigenvalue weighted by Crippen LogP contribution is 2.24. The standard InChI is InChI=1S/C18H15N5/c1-2-15(10-16(3-1)18-6-7-21-22-18)17-5-4-14(11-20-17)12-23-9-8-19-13-23/h1-11,13H,12H2,(H,21,22). The van der Waals surface area contributed by atoms with E-state index in [4.69, 9.17) is 0 Å². The van der Waals surface area contributed by atoms with Crippen LogP contribution in [0, 0.1) is 0 Å². The Morgan fingerprint density at radius 2 is 1.96 bits per heavy atom. The molecule has 0 aliphatic rings. The minimum atomic E-state index is 0.779. The van der Waals surface area contributed by atoms with Crippen molar-refractivity contribution >= 4 is 0 Å². The van der Waals surface area contributed by atoms with E-state index in [2.05, 4.69) is 50.5 Å². The van der Waals surface area contributed by atoms with Crippen molar-refractivity contribution in [2.24, 2.45) is 0 Å². The summed E-state index contributed by atoms with van der Waals surface area (Å²) in [6, 6.07) is 14.4. The van der Waals surface area contributed by atoms with E-state index in [1.165, 1.54) is 0 Å². The molecular weight excluding hydrogens is 286 g/mol. The summed E-state index contributed by atoms with van der Waals surface area (Å²) in [6.45, 7) is 0.779. The first-order valence-electron chi connectivity index (χ1n) is 7.39. The van der Waals surface area contributed by atoms with Gasteiger partial charge in [-0.1, -0.05) is 24.3 Å². The molecule has 0 amide bonds. The zero-order valence-corrected chi connectivity index (χ0v) is 12.4. The van der Waals surface area contributed by atoms with Gasteiger partial charge in [0.1, 0.15) is 0 Å². The maximum absolute atomic E-state index is 4.59. The van der Waals surface area contributed by atoms with Crippen molar-refractivity contribution in [3.63, 3.8) is 0 Å². The molecule has 5 nitrogen and oxygen atoms in total. The van der Waals surface area contributed by atoms with Crippen LogP contribution in [0.25, 0.3) is 22.5 Å². The lowest BCUT2D eigenvalue weighted by atomic mass is 10.1. The highest BCUT2D eigenvalue weighted by atomic mass is 15.1. The Bertz CT molecular complexity index is 878. The fourth-order valence-corrected chi connectivity index (χ4v) is 2.54. The van der Waals surface area contributed by atoms with Crippen molar-refractivity contribution in [1.82, 2.24) is 24.7 Å². The van der Waals surface area contributed by atoms with Gasteiger partial charge in [0.15, 0.2) is 0 Å². The molecule has 1 N–H and O–H groups in total. The number of hydrogen-bond acceptors (Lipinski definition) is 3. The zero-order valence-electron chi connectivity index (χ0n) is 12.4. The van der Waals surface area contributed by atoms with E-state index >= 15 is 0 Å². The van der Waals surface area contributed by atoms with Crippen molar-refractivity contribution in [2.45, 2.75) is 6.54 Å². The second kappa shape index (κ2) is 5.88. The van der Waals surface area contributed by atoms with Gasteiger partial charge < -0.3 is 4.57 Å². The molecule has 0 bridgehead atoms. The normalized spacial score (nSPS) is 10.8. The average Bonchev–Trinajstić information content (AvgIpc) is 3.29. The number of H-pyrrole nitrogens is 1. The van der Waals surface area contributed by atoms with Gasteiger partial charge in [0.05, 0.1) is 17.7 Å². The molecule has 4 aromatic rings. The Hall–Kier alpha value is -3.21. The summed E-state index contributed by atoms with van der Waals surface area (Å²) >= 11 is 0. The Labute approximate surface area is 133 Å². The Morgan fingerprint density at radius 3 is 2.70 bits per heavy atom. The summed E-state index contributed by atoms with van der Waals surface area (Å²) in [4.78, 5) is 8.64. The molecule has 3 heterocycles. The summed E-state index contributed by atoms with van der Waals surface area (Å²) in [7, 11) is 0. The van der Waals surface area contributed by atoms with Gasteiger partial charge in [0.2, 0.25) is 0 Å². The molecule has 4 rings (SSSR count). The SMILES string of the molecule is c1cc(-c2ccc(Cn3ccnc3)cn2)cc(-c2ccn[nH]2)c1. The van der Waals surface area contributed by atoms with Crippen LogP contribution in [0.1, 0.15) is 5.56 Å².